The molecule has 4 amide bonds. The summed E-state index contributed by atoms with van der Waals surface area (Å²) >= 11 is 0. The van der Waals surface area contributed by atoms with Crippen LogP contribution in [0.5, 0.6) is 0 Å². The van der Waals surface area contributed by atoms with Crippen LogP contribution >= 0.6 is 0 Å². The zero-order valence-electron chi connectivity index (χ0n) is 23.6. The van der Waals surface area contributed by atoms with E-state index in [0.29, 0.717) is 29.1 Å². The fraction of sp³-hybridized carbons (Fsp3) is 0.448. The van der Waals surface area contributed by atoms with E-state index in [-0.39, 0.29) is 30.7 Å². The quantitative estimate of drug-likeness (QED) is 0.316. The van der Waals surface area contributed by atoms with Gasteiger partial charge in [0.25, 0.3) is 5.91 Å². The predicted octanol–water partition coefficient (Wildman–Crippen LogP) is 3.18. The largest absolute Gasteiger partial charge is 0.408 e. The third-order valence-corrected chi connectivity index (χ3v) is 7.51. The predicted molar refractivity (Wildman–Crippen MR) is 145 cm³/mol. The maximum atomic E-state index is 13.7. The molecule has 232 valence electrons. The second-order valence-corrected chi connectivity index (χ2v) is 10.4. The van der Waals surface area contributed by atoms with Crippen LogP contribution in [0, 0.1) is 5.82 Å². The van der Waals surface area contributed by atoms with Gasteiger partial charge in [-0.2, -0.15) is 13.2 Å². The smallest absolute Gasteiger partial charge is 0.395 e. The molecule has 2 N–H and O–H groups in total. The Morgan fingerprint density at radius 3 is 2.47 bits per heavy atom. The molecule has 1 spiro atoms. The van der Waals surface area contributed by atoms with Crippen molar-refractivity contribution in [1.82, 2.24) is 14.7 Å². The maximum Gasteiger partial charge on any atom is 0.408 e. The number of carbonyl (C=O) groups excluding carboxylic acids is 4. The second kappa shape index (κ2) is 12.7. The zero-order valence-corrected chi connectivity index (χ0v) is 23.6. The topological polar surface area (TPSA) is 119 Å². The Morgan fingerprint density at radius 1 is 1.14 bits per heavy atom. The van der Waals surface area contributed by atoms with Crippen LogP contribution in [-0.2, 0) is 37.7 Å². The van der Waals surface area contributed by atoms with E-state index >= 15 is 0 Å². The molecule has 1 aliphatic carbocycles. The number of carbonyl (C=O) groups is 4. The highest BCUT2D eigenvalue weighted by Gasteiger charge is 2.59. The first kappa shape index (κ1) is 31.9. The van der Waals surface area contributed by atoms with Crippen molar-refractivity contribution in [1.29, 1.82) is 0 Å². The van der Waals surface area contributed by atoms with Gasteiger partial charge in [-0.25, -0.2) is 9.18 Å². The number of ketones is 1. The molecule has 1 saturated heterocycles. The maximum absolute atomic E-state index is 13.7. The van der Waals surface area contributed by atoms with Crippen LogP contribution in [0.2, 0.25) is 0 Å². The third kappa shape index (κ3) is 6.49. The van der Waals surface area contributed by atoms with Crippen molar-refractivity contribution in [3.8, 4) is 0 Å². The molecule has 1 fully saturated rings. The number of nitrogens with zero attached hydrogens (tertiary/aromatic N) is 3. The molecule has 0 aromatic heterocycles. The van der Waals surface area contributed by atoms with E-state index in [1.54, 1.807) is 0 Å². The first-order valence-corrected chi connectivity index (χ1v) is 13.7. The monoisotopic (exact) mass is 608 g/mol. The second-order valence-electron chi connectivity index (χ2n) is 10.4. The minimum Gasteiger partial charge on any atom is -0.395 e. The number of urea groups is 1. The average molecular weight is 609 g/mol. The van der Waals surface area contributed by atoms with Crippen molar-refractivity contribution in [2.75, 3.05) is 38.3 Å². The van der Waals surface area contributed by atoms with Crippen molar-refractivity contribution >= 4 is 29.3 Å². The van der Waals surface area contributed by atoms with Gasteiger partial charge in [0, 0.05) is 37.3 Å². The summed E-state index contributed by atoms with van der Waals surface area (Å²) in [4.78, 5) is 55.4. The molecule has 0 saturated carbocycles. The van der Waals surface area contributed by atoms with E-state index in [2.05, 4.69) is 5.32 Å². The average Bonchev–Trinajstić information content (AvgIpc) is 3.42. The molecule has 0 unspecified atom stereocenters. The van der Waals surface area contributed by atoms with Crippen molar-refractivity contribution in [3.63, 3.8) is 0 Å². The van der Waals surface area contributed by atoms with Gasteiger partial charge < -0.3 is 29.9 Å². The van der Waals surface area contributed by atoms with Gasteiger partial charge in [-0.05, 0) is 48.7 Å². The summed E-state index contributed by atoms with van der Waals surface area (Å²) in [5.41, 5.74) is -0.813. The van der Waals surface area contributed by atoms with Gasteiger partial charge in [0.1, 0.15) is 25.1 Å². The molecule has 2 aliphatic rings. The Morgan fingerprint density at radius 2 is 1.84 bits per heavy atom. The lowest BCUT2D eigenvalue weighted by molar-refractivity contribution is -0.187. The molecular formula is C29H32F4N4O6. The Labute approximate surface area is 245 Å². The third-order valence-electron chi connectivity index (χ3n) is 7.51. The summed E-state index contributed by atoms with van der Waals surface area (Å²) in [6, 6.07) is 6.46. The Bertz CT molecular complexity index is 1380. The highest BCUT2D eigenvalue weighted by Crippen LogP contribution is 2.43. The van der Waals surface area contributed by atoms with E-state index in [1.807, 2.05) is 6.92 Å². The number of aliphatic hydroxyl groups is 1. The van der Waals surface area contributed by atoms with Gasteiger partial charge in [-0.15, -0.1) is 0 Å². The number of fused-ring (bicyclic) bond motifs is 2. The number of amides is 4. The number of anilines is 1. The van der Waals surface area contributed by atoms with Crippen LogP contribution in [0.15, 0.2) is 42.5 Å². The highest BCUT2D eigenvalue weighted by molar-refractivity contribution is 6.15. The first-order chi connectivity index (χ1) is 20.3. The van der Waals surface area contributed by atoms with Crippen LogP contribution in [0.25, 0.3) is 0 Å². The Balaban J connectivity index is 1.52. The summed E-state index contributed by atoms with van der Waals surface area (Å²) in [6.07, 6.45) is -4.31. The first-order valence-electron chi connectivity index (χ1n) is 13.7. The van der Waals surface area contributed by atoms with Crippen LogP contribution in [-0.4, -0.2) is 88.6 Å². The SMILES string of the molecule is CCCN(CCO)C(=O)Nc1ccc2c(c1)CC(=O)[C@]21OCN(CC(=O)N(Cc2ccc(F)cc2)[C@@H](C)C(F)(F)F)C1=O. The summed E-state index contributed by atoms with van der Waals surface area (Å²) in [6.45, 7) is 1.25. The van der Waals surface area contributed by atoms with E-state index in [4.69, 9.17) is 4.74 Å². The minimum atomic E-state index is -4.78. The number of Topliss-reactive ketones (excluding diaryl/α,β-unsaturated/α-hetero) is 1. The Kier molecular flexibility index (Phi) is 9.40. The van der Waals surface area contributed by atoms with E-state index in [9.17, 15) is 41.8 Å². The van der Waals surface area contributed by atoms with Gasteiger partial charge in [-0.3, -0.25) is 14.4 Å². The van der Waals surface area contributed by atoms with Crippen LogP contribution in [0.3, 0.4) is 0 Å². The molecule has 14 heteroatoms. The lowest BCUT2D eigenvalue weighted by Gasteiger charge is -2.32. The zero-order chi connectivity index (χ0) is 31.5. The van der Waals surface area contributed by atoms with Crippen molar-refractivity contribution < 1.29 is 46.6 Å². The molecule has 2 atom stereocenters. The van der Waals surface area contributed by atoms with Crippen molar-refractivity contribution in [2.24, 2.45) is 0 Å². The standard InChI is InChI=1S/C29H32F4N4O6/c1-3-10-35(11-12-38)27(42)34-22-8-9-23-20(13-22)14-24(39)28(23)26(41)36(17-43-28)16-25(40)37(18(2)29(31,32)33)15-19-4-6-21(30)7-5-19/h4-9,13,18,38H,3,10-12,14-17H2,1-2H3,(H,34,42)/t18-,28+/m0/s1. The normalized spacial score (nSPS) is 18.6. The van der Waals surface area contributed by atoms with Crippen LogP contribution in [0.4, 0.5) is 28.0 Å². The number of halogens is 4. The molecule has 0 radical (unpaired) electrons. The molecule has 2 aromatic carbocycles. The number of benzene rings is 2. The van der Waals surface area contributed by atoms with E-state index in [1.165, 1.54) is 35.2 Å². The summed E-state index contributed by atoms with van der Waals surface area (Å²) in [5, 5.41) is 11.9. The van der Waals surface area contributed by atoms with Gasteiger partial charge in [0.15, 0.2) is 5.78 Å². The minimum absolute atomic E-state index is 0.131. The summed E-state index contributed by atoms with van der Waals surface area (Å²) in [5.74, 6) is -3.11. The van der Waals surface area contributed by atoms with E-state index < -0.39 is 67.1 Å². The fourth-order valence-electron chi connectivity index (χ4n) is 5.20. The lowest BCUT2D eigenvalue weighted by atomic mass is 9.94. The molecule has 0 bridgehead atoms. The Hall–Kier alpha value is -4.04. The van der Waals surface area contributed by atoms with Crippen LogP contribution < -0.4 is 5.32 Å². The number of rotatable bonds is 10. The van der Waals surface area contributed by atoms with Crippen molar-refractivity contribution in [3.05, 3.63) is 65.0 Å². The van der Waals surface area contributed by atoms with Gasteiger partial charge in [0.05, 0.1) is 6.61 Å². The number of hydrogen-bond acceptors (Lipinski definition) is 6. The molecule has 2 aromatic rings. The lowest BCUT2D eigenvalue weighted by Crippen LogP contribution is -2.51. The molecule has 1 heterocycles. The number of nitrogens with one attached hydrogen (secondary N) is 1. The summed E-state index contributed by atoms with van der Waals surface area (Å²) < 4.78 is 60.0. The van der Waals surface area contributed by atoms with E-state index in [0.717, 1.165) is 24.0 Å². The molecule has 4 rings (SSSR count). The highest BCUT2D eigenvalue weighted by atomic mass is 19.4. The number of alkyl halides is 3. The molecular weight excluding hydrogens is 576 g/mol. The molecule has 10 nitrogen and oxygen atoms in total. The molecule has 1 aliphatic heterocycles. The summed E-state index contributed by atoms with van der Waals surface area (Å²) in [7, 11) is 0. The van der Waals surface area contributed by atoms with Gasteiger partial charge >= 0.3 is 12.2 Å². The van der Waals surface area contributed by atoms with Gasteiger partial charge in [-0.1, -0.05) is 25.1 Å². The number of aliphatic hydroxyl groups excluding tert-OH is 1. The van der Waals surface area contributed by atoms with Gasteiger partial charge in [0.2, 0.25) is 11.5 Å². The van der Waals surface area contributed by atoms with Crippen LogP contribution in [0.1, 0.15) is 37.0 Å². The molecule has 43 heavy (non-hydrogen) atoms. The fourth-order valence-corrected chi connectivity index (χ4v) is 5.20. The van der Waals surface area contributed by atoms with Crippen molar-refractivity contribution in [2.45, 2.75) is 51.1 Å². The number of ether oxygens (including phenoxy) is 1. The number of hydrogen-bond donors (Lipinski definition) is 2.